The van der Waals surface area contributed by atoms with Crippen LogP contribution >= 0.6 is 0 Å². The van der Waals surface area contributed by atoms with E-state index in [0.29, 0.717) is 16.9 Å². The van der Waals surface area contributed by atoms with Gasteiger partial charge in [-0.25, -0.2) is 0 Å². The van der Waals surface area contributed by atoms with Crippen molar-refractivity contribution < 1.29 is 27.8 Å². The molecule has 0 saturated carbocycles. The lowest BCUT2D eigenvalue weighted by Crippen LogP contribution is -2.04. The zero-order valence-electron chi connectivity index (χ0n) is 14.5. The lowest BCUT2D eigenvalue weighted by atomic mass is 10.1. The van der Waals surface area contributed by atoms with Gasteiger partial charge in [0.2, 0.25) is 0 Å². The largest absolute Gasteiger partial charge is 0.490 e. The van der Waals surface area contributed by atoms with E-state index in [1.165, 1.54) is 18.2 Å². The van der Waals surface area contributed by atoms with Crippen LogP contribution in [0.1, 0.15) is 22.8 Å². The number of ether oxygens (including phenoxy) is 3. The summed E-state index contributed by atoms with van der Waals surface area (Å²) in [7, 11) is 0. The van der Waals surface area contributed by atoms with Crippen molar-refractivity contribution in [1.29, 1.82) is 5.26 Å². The van der Waals surface area contributed by atoms with E-state index in [4.69, 9.17) is 14.7 Å². The summed E-state index contributed by atoms with van der Waals surface area (Å²) < 4.78 is 39.7. The average molecular weight is 373 g/mol. The van der Waals surface area contributed by atoms with E-state index in [2.05, 4.69) is 4.74 Å². The minimum Gasteiger partial charge on any atom is -0.490 e. The van der Waals surface area contributed by atoms with Crippen molar-refractivity contribution in [3.05, 3.63) is 59.7 Å². The zero-order chi connectivity index (χ0) is 19.6. The molecular formula is C20H17F2NO4. The third-order valence-electron chi connectivity index (χ3n) is 3.35. The molecule has 0 atom stereocenters. The summed E-state index contributed by atoms with van der Waals surface area (Å²) in [5.41, 5.74) is 1.04. The van der Waals surface area contributed by atoms with Gasteiger partial charge < -0.3 is 14.2 Å². The molecule has 5 nitrogen and oxygen atoms in total. The number of carbonyl (C=O) groups excluding carboxylic acids is 1. The highest BCUT2D eigenvalue weighted by atomic mass is 19.3. The van der Waals surface area contributed by atoms with Gasteiger partial charge >= 0.3 is 6.61 Å². The smallest absolute Gasteiger partial charge is 0.387 e. The maximum absolute atomic E-state index is 12.4. The van der Waals surface area contributed by atoms with Gasteiger partial charge in [-0.3, -0.25) is 4.79 Å². The summed E-state index contributed by atoms with van der Waals surface area (Å²) in [6, 6.07) is 12.7. The van der Waals surface area contributed by atoms with Gasteiger partial charge in [0.25, 0.3) is 0 Å². The second-order valence-electron chi connectivity index (χ2n) is 5.19. The summed E-state index contributed by atoms with van der Waals surface area (Å²) in [4.78, 5) is 12.2. The molecule has 0 unspecified atom stereocenters. The quantitative estimate of drug-likeness (QED) is 0.479. The van der Waals surface area contributed by atoms with Crippen molar-refractivity contribution >= 4 is 11.9 Å². The second kappa shape index (κ2) is 9.92. The molecule has 0 aliphatic rings. The molecule has 0 fully saturated rings. The fraction of sp³-hybridized carbons (Fsp3) is 0.200. The Morgan fingerprint density at radius 3 is 2.52 bits per heavy atom. The highest BCUT2D eigenvalue weighted by Gasteiger charge is 2.11. The number of rotatable bonds is 9. The molecule has 0 saturated heterocycles. The number of hydrogen-bond donors (Lipinski definition) is 0. The minimum atomic E-state index is -2.95. The van der Waals surface area contributed by atoms with Gasteiger partial charge in [0, 0.05) is 5.56 Å². The van der Waals surface area contributed by atoms with Crippen LogP contribution in [-0.4, -0.2) is 25.6 Å². The summed E-state index contributed by atoms with van der Waals surface area (Å²) in [6.45, 7) is -1.01. The molecule has 140 valence electrons. The molecule has 2 rings (SSSR count). The number of nitriles is 1. The molecule has 0 spiro atoms. The van der Waals surface area contributed by atoms with Gasteiger partial charge in [-0.05, 0) is 55.0 Å². The Morgan fingerprint density at radius 1 is 1.15 bits per heavy atom. The number of alkyl halides is 2. The summed E-state index contributed by atoms with van der Waals surface area (Å²) in [5.74, 6) is 0.357. The van der Waals surface area contributed by atoms with Gasteiger partial charge in [0.1, 0.15) is 11.8 Å². The van der Waals surface area contributed by atoms with Crippen LogP contribution in [0.15, 0.2) is 48.5 Å². The highest BCUT2D eigenvalue weighted by Crippen LogP contribution is 2.30. The number of nitrogens with zero attached hydrogens (tertiary/aromatic N) is 1. The molecule has 0 radical (unpaired) electrons. The average Bonchev–Trinajstić information content (AvgIpc) is 2.66. The van der Waals surface area contributed by atoms with E-state index >= 15 is 0 Å². The first kappa shape index (κ1) is 19.9. The van der Waals surface area contributed by atoms with Crippen LogP contribution in [0.2, 0.25) is 0 Å². The van der Waals surface area contributed by atoms with E-state index in [-0.39, 0.29) is 30.5 Å². The first-order valence-electron chi connectivity index (χ1n) is 8.07. The third-order valence-corrected chi connectivity index (χ3v) is 3.35. The van der Waals surface area contributed by atoms with Crippen molar-refractivity contribution in [1.82, 2.24) is 0 Å². The molecule has 2 aromatic carbocycles. The fourth-order valence-corrected chi connectivity index (χ4v) is 2.19. The molecule has 0 aromatic heterocycles. The predicted molar refractivity (Wildman–Crippen MR) is 95.2 cm³/mol. The molecule has 0 amide bonds. The number of halogens is 2. The third kappa shape index (κ3) is 6.12. The van der Waals surface area contributed by atoms with Crippen molar-refractivity contribution in [3.8, 4) is 23.3 Å². The monoisotopic (exact) mass is 373 g/mol. The van der Waals surface area contributed by atoms with Gasteiger partial charge in [-0.15, -0.1) is 0 Å². The lowest BCUT2D eigenvalue weighted by molar-refractivity contribution is -0.0514. The summed E-state index contributed by atoms with van der Waals surface area (Å²) in [6.07, 6.45) is 2.92. The van der Waals surface area contributed by atoms with E-state index in [9.17, 15) is 13.6 Å². The first-order chi connectivity index (χ1) is 13.0. The number of hydrogen-bond acceptors (Lipinski definition) is 5. The van der Waals surface area contributed by atoms with Crippen molar-refractivity contribution in [2.24, 2.45) is 0 Å². The van der Waals surface area contributed by atoms with E-state index in [0.717, 1.165) is 0 Å². The maximum Gasteiger partial charge on any atom is 0.387 e. The Kier molecular flexibility index (Phi) is 7.32. The molecular weight excluding hydrogens is 356 g/mol. The predicted octanol–water partition coefficient (Wildman–Crippen LogP) is 4.49. The Labute approximate surface area is 155 Å². The van der Waals surface area contributed by atoms with Crippen LogP contribution in [0.25, 0.3) is 6.08 Å². The summed E-state index contributed by atoms with van der Waals surface area (Å²) in [5, 5.41) is 8.47. The van der Waals surface area contributed by atoms with Crippen LogP contribution in [0, 0.1) is 11.3 Å². The second-order valence-corrected chi connectivity index (χ2v) is 5.19. The van der Waals surface area contributed by atoms with Crippen molar-refractivity contribution in [2.75, 3.05) is 13.2 Å². The van der Waals surface area contributed by atoms with E-state index < -0.39 is 6.61 Å². The standard InChI is InChI=1S/C20H17F2NO4/c1-2-25-19-13-14(4-10-18(19)27-20(21)22)3-9-17(24)15-5-7-16(8-6-15)26-12-11-23/h3-10,13,20H,2,12H2,1H3/b9-3+. The van der Waals surface area contributed by atoms with Gasteiger partial charge in [-0.2, -0.15) is 14.0 Å². The van der Waals surface area contributed by atoms with Gasteiger partial charge in [0.05, 0.1) is 6.61 Å². The van der Waals surface area contributed by atoms with Gasteiger partial charge in [-0.1, -0.05) is 12.1 Å². The lowest BCUT2D eigenvalue weighted by Gasteiger charge is -2.11. The molecule has 0 heterocycles. The Balaban J connectivity index is 2.10. The SMILES string of the molecule is CCOc1cc(/C=C/C(=O)c2ccc(OCC#N)cc2)ccc1OC(F)F. The first-order valence-corrected chi connectivity index (χ1v) is 8.07. The Hall–Kier alpha value is -3.40. The maximum atomic E-state index is 12.4. The van der Waals surface area contributed by atoms with E-state index in [1.54, 1.807) is 43.3 Å². The molecule has 0 aliphatic heterocycles. The molecule has 27 heavy (non-hydrogen) atoms. The zero-order valence-corrected chi connectivity index (χ0v) is 14.5. The van der Waals surface area contributed by atoms with E-state index in [1.807, 2.05) is 6.07 Å². The molecule has 7 heteroatoms. The van der Waals surface area contributed by atoms with Gasteiger partial charge in [0.15, 0.2) is 23.9 Å². The van der Waals surface area contributed by atoms with Crippen LogP contribution in [0.5, 0.6) is 17.2 Å². The topological polar surface area (TPSA) is 68.5 Å². The number of benzene rings is 2. The molecule has 0 bridgehead atoms. The minimum absolute atomic E-state index is 0.0664. The van der Waals surface area contributed by atoms with Crippen molar-refractivity contribution in [2.45, 2.75) is 13.5 Å². The summed E-state index contributed by atoms with van der Waals surface area (Å²) >= 11 is 0. The fourth-order valence-electron chi connectivity index (χ4n) is 2.19. The number of ketones is 1. The highest BCUT2D eigenvalue weighted by molar-refractivity contribution is 6.06. The van der Waals surface area contributed by atoms with Crippen molar-refractivity contribution in [3.63, 3.8) is 0 Å². The molecule has 2 aromatic rings. The van der Waals surface area contributed by atoms with Crippen LogP contribution in [0.3, 0.4) is 0 Å². The number of allylic oxidation sites excluding steroid dienone is 1. The Morgan fingerprint density at radius 2 is 1.89 bits per heavy atom. The normalized spacial score (nSPS) is 10.6. The molecule has 0 aliphatic carbocycles. The Bertz CT molecular complexity index is 842. The number of carbonyl (C=O) groups is 1. The van der Waals surface area contributed by atoms with Crippen LogP contribution < -0.4 is 14.2 Å². The van der Waals surface area contributed by atoms with Crippen LogP contribution in [0.4, 0.5) is 8.78 Å². The van der Waals surface area contributed by atoms with Crippen LogP contribution in [-0.2, 0) is 0 Å². The molecule has 0 N–H and O–H groups in total.